The van der Waals surface area contributed by atoms with Crippen molar-refractivity contribution in [3.8, 4) is 5.75 Å². The van der Waals surface area contributed by atoms with Crippen LogP contribution in [0.25, 0.3) is 0 Å². The molecule has 8 nitrogen and oxygen atoms in total. The highest BCUT2D eigenvalue weighted by Crippen LogP contribution is 2.34. The van der Waals surface area contributed by atoms with Gasteiger partial charge < -0.3 is 19.3 Å². The summed E-state index contributed by atoms with van der Waals surface area (Å²) in [4.78, 5) is 40.3. The number of morpholine rings is 1. The standard InChI is InChI=1S/C25H24B3N3O5/c26-21-13-36-25(27,28)14-30(21)10-15-4-6-16(7-5-15)12-35-20-3-1-2-17-18(20)11-31(24(17)34)19-8-9-22(32)29-23(19)33/h1-7,19,21H,8-14H2,(H,29,32,33). The van der Waals surface area contributed by atoms with E-state index < -0.39 is 17.3 Å². The van der Waals surface area contributed by atoms with Gasteiger partial charge in [-0.3, -0.25) is 19.7 Å². The van der Waals surface area contributed by atoms with Gasteiger partial charge in [0.15, 0.2) is 0 Å². The van der Waals surface area contributed by atoms with Crippen LogP contribution in [0.2, 0.25) is 0 Å². The number of carbonyl (C=O) groups is 3. The van der Waals surface area contributed by atoms with Crippen molar-refractivity contribution in [2.24, 2.45) is 0 Å². The Balaban J connectivity index is 1.22. The molecule has 0 bridgehead atoms. The lowest BCUT2D eigenvalue weighted by atomic mass is 9.63. The fourth-order valence-corrected chi connectivity index (χ4v) is 4.83. The summed E-state index contributed by atoms with van der Waals surface area (Å²) < 4.78 is 11.4. The lowest BCUT2D eigenvalue weighted by Gasteiger charge is -2.43. The van der Waals surface area contributed by atoms with Crippen LogP contribution in [0.4, 0.5) is 0 Å². The van der Waals surface area contributed by atoms with Crippen LogP contribution in [0.3, 0.4) is 0 Å². The van der Waals surface area contributed by atoms with Crippen molar-refractivity contribution < 1.29 is 23.9 Å². The molecule has 178 valence electrons. The molecule has 2 atom stereocenters. The minimum atomic E-state index is -1.21. The second-order valence-corrected chi connectivity index (χ2v) is 9.53. The van der Waals surface area contributed by atoms with Crippen LogP contribution in [0.15, 0.2) is 42.5 Å². The van der Waals surface area contributed by atoms with Crippen LogP contribution >= 0.6 is 0 Å². The summed E-state index contributed by atoms with van der Waals surface area (Å²) in [6.45, 7) is 1.76. The van der Waals surface area contributed by atoms with Crippen molar-refractivity contribution in [2.45, 2.75) is 49.9 Å². The van der Waals surface area contributed by atoms with Crippen LogP contribution in [0.1, 0.15) is 39.9 Å². The maximum Gasteiger partial charge on any atom is 0.255 e. The SMILES string of the molecule is [B]C1COC([B])([B])CN1Cc1ccc(COc2cccc3c2CN(C2CCC(=O)NC2=O)C3=O)cc1. The van der Waals surface area contributed by atoms with Crippen LogP contribution < -0.4 is 10.1 Å². The summed E-state index contributed by atoms with van der Waals surface area (Å²) >= 11 is 0. The molecule has 2 unspecified atom stereocenters. The monoisotopic (exact) mass is 479 g/mol. The second kappa shape index (κ2) is 9.79. The molecule has 2 aromatic carbocycles. The number of carbonyl (C=O) groups excluding carboxylic acids is 3. The fraction of sp³-hybridized carbons (Fsp3) is 0.400. The Morgan fingerprint density at radius 3 is 2.58 bits per heavy atom. The third-order valence-corrected chi connectivity index (χ3v) is 6.78. The zero-order valence-corrected chi connectivity index (χ0v) is 19.8. The molecule has 3 amide bonds. The molecule has 0 saturated carbocycles. The van der Waals surface area contributed by atoms with Gasteiger partial charge in [0, 0.05) is 36.0 Å². The highest BCUT2D eigenvalue weighted by atomic mass is 16.5. The van der Waals surface area contributed by atoms with E-state index in [9.17, 15) is 14.4 Å². The van der Waals surface area contributed by atoms with Gasteiger partial charge in [0.2, 0.25) is 11.8 Å². The van der Waals surface area contributed by atoms with Crippen molar-refractivity contribution in [3.63, 3.8) is 0 Å². The summed E-state index contributed by atoms with van der Waals surface area (Å²) in [5.41, 5.74) is 3.28. The number of hydrogen-bond acceptors (Lipinski definition) is 6. The van der Waals surface area contributed by atoms with Crippen molar-refractivity contribution in [1.29, 1.82) is 0 Å². The first-order valence-corrected chi connectivity index (χ1v) is 11.9. The van der Waals surface area contributed by atoms with Crippen molar-refractivity contribution in [1.82, 2.24) is 15.1 Å². The number of benzene rings is 2. The molecule has 5 rings (SSSR count). The number of rotatable bonds is 6. The Morgan fingerprint density at radius 2 is 1.83 bits per heavy atom. The first kappa shape index (κ1) is 24.7. The first-order chi connectivity index (χ1) is 17.2. The van der Waals surface area contributed by atoms with Gasteiger partial charge in [-0.05, 0) is 35.6 Å². The van der Waals surface area contributed by atoms with Gasteiger partial charge in [-0.25, -0.2) is 0 Å². The van der Waals surface area contributed by atoms with E-state index in [1.807, 2.05) is 35.2 Å². The summed E-state index contributed by atoms with van der Waals surface area (Å²) in [5, 5.41) is 1.11. The predicted octanol–water partition coefficient (Wildman–Crippen LogP) is 0.344. The second-order valence-electron chi connectivity index (χ2n) is 9.53. The minimum absolute atomic E-state index is 0.215. The van der Waals surface area contributed by atoms with Crippen LogP contribution in [0.5, 0.6) is 5.75 Å². The third-order valence-electron chi connectivity index (χ3n) is 6.78. The van der Waals surface area contributed by atoms with Gasteiger partial charge >= 0.3 is 0 Å². The molecule has 0 aromatic heterocycles. The molecule has 2 aromatic rings. The lowest BCUT2D eigenvalue weighted by Crippen LogP contribution is -2.57. The van der Waals surface area contributed by atoms with Crippen LogP contribution in [-0.2, 0) is 34.0 Å². The van der Waals surface area contributed by atoms with E-state index in [1.165, 1.54) is 4.90 Å². The van der Waals surface area contributed by atoms with Crippen molar-refractivity contribution >= 4 is 41.3 Å². The van der Waals surface area contributed by atoms with E-state index in [-0.39, 0.29) is 37.3 Å². The molecule has 2 fully saturated rings. The topological polar surface area (TPSA) is 88.2 Å². The average Bonchev–Trinajstić information content (AvgIpc) is 3.18. The normalized spacial score (nSPS) is 23.9. The molecular formula is C25H24B3N3O5. The number of hydrogen-bond donors (Lipinski definition) is 1. The Labute approximate surface area is 213 Å². The summed E-state index contributed by atoms with van der Waals surface area (Å²) in [5.74, 6) is -0.654. The molecule has 3 aliphatic heterocycles. The number of fused-ring (bicyclic) bond motifs is 1. The zero-order valence-electron chi connectivity index (χ0n) is 19.8. The Morgan fingerprint density at radius 1 is 1.08 bits per heavy atom. The van der Waals surface area contributed by atoms with E-state index >= 15 is 0 Å². The van der Waals surface area contributed by atoms with Gasteiger partial charge in [-0.2, -0.15) is 0 Å². The van der Waals surface area contributed by atoms with Gasteiger partial charge in [-0.15, -0.1) is 0 Å². The summed E-state index contributed by atoms with van der Waals surface area (Å²) in [7, 11) is 17.9. The predicted molar refractivity (Wildman–Crippen MR) is 133 cm³/mol. The van der Waals surface area contributed by atoms with E-state index in [2.05, 4.69) is 5.32 Å². The van der Waals surface area contributed by atoms with Gasteiger partial charge in [-0.1, -0.05) is 30.3 Å². The molecule has 3 aliphatic rings. The highest BCUT2D eigenvalue weighted by molar-refractivity contribution is 6.39. The van der Waals surface area contributed by atoms with Crippen molar-refractivity contribution in [3.05, 3.63) is 64.7 Å². The quantitative estimate of drug-likeness (QED) is 0.476. The van der Waals surface area contributed by atoms with Gasteiger partial charge in [0.1, 0.15) is 34.1 Å². The molecule has 0 spiro atoms. The third kappa shape index (κ3) is 5.08. The van der Waals surface area contributed by atoms with Crippen LogP contribution in [-0.4, -0.2) is 81.6 Å². The number of nitrogens with zero attached hydrogens (tertiary/aromatic N) is 2. The van der Waals surface area contributed by atoms with E-state index in [4.69, 9.17) is 33.0 Å². The average molecular weight is 479 g/mol. The summed E-state index contributed by atoms with van der Waals surface area (Å²) in [6, 6.07) is 12.6. The number of imide groups is 1. The molecule has 0 aliphatic carbocycles. The molecular weight excluding hydrogens is 455 g/mol. The van der Waals surface area contributed by atoms with Crippen molar-refractivity contribution in [2.75, 3.05) is 13.2 Å². The van der Waals surface area contributed by atoms with E-state index in [0.717, 1.165) is 16.7 Å². The number of piperidine rings is 1. The molecule has 2 saturated heterocycles. The lowest BCUT2D eigenvalue weighted by molar-refractivity contribution is -0.136. The number of ether oxygens (including phenoxy) is 2. The molecule has 3 heterocycles. The van der Waals surface area contributed by atoms with E-state index in [0.29, 0.717) is 37.4 Å². The Kier molecular flexibility index (Phi) is 6.70. The maximum atomic E-state index is 13.0. The largest absolute Gasteiger partial charge is 0.489 e. The minimum Gasteiger partial charge on any atom is -0.489 e. The summed E-state index contributed by atoms with van der Waals surface area (Å²) in [6.07, 6.45) is 0.534. The molecule has 6 radical (unpaired) electrons. The zero-order chi connectivity index (χ0) is 25.4. The highest BCUT2D eigenvalue weighted by Gasteiger charge is 2.40. The Bertz CT molecular complexity index is 1190. The molecule has 1 N–H and O–H groups in total. The molecule has 11 heteroatoms. The van der Waals surface area contributed by atoms with Crippen LogP contribution in [0, 0.1) is 0 Å². The Hall–Kier alpha value is -3.04. The fourth-order valence-electron chi connectivity index (χ4n) is 4.83. The number of amides is 3. The van der Waals surface area contributed by atoms with Gasteiger partial charge in [0.25, 0.3) is 5.91 Å². The number of nitrogens with one attached hydrogen (secondary N) is 1. The molecule has 36 heavy (non-hydrogen) atoms. The van der Waals surface area contributed by atoms with Gasteiger partial charge in [0.05, 0.1) is 21.0 Å². The smallest absolute Gasteiger partial charge is 0.255 e. The van der Waals surface area contributed by atoms with E-state index in [1.54, 1.807) is 12.1 Å². The first-order valence-electron chi connectivity index (χ1n) is 11.9. The maximum absolute atomic E-state index is 13.0.